The van der Waals surface area contributed by atoms with Gasteiger partial charge >= 0.3 is 6.09 Å². The van der Waals surface area contributed by atoms with Crippen molar-refractivity contribution in [3.05, 3.63) is 23.8 Å². The highest BCUT2D eigenvalue weighted by atomic mass is 16.5. The molecule has 7 heteroatoms. The maximum Gasteiger partial charge on any atom is 0.413 e. The van der Waals surface area contributed by atoms with E-state index >= 15 is 0 Å². The number of alkyl carbamates (subject to hydrolysis) is 1. The van der Waals surface area contributed by atoms with Crippen LogP contribution >= 0.6 is 0 Å². The Morgan fingerprint density at radius 3 is 2.55 bits per heavy atom. The normalized spacial score (nSPS) is 10.2. The Kier molecular flexibility index (Phi) is 7.18. The van der Waals surface area contributed by atoms with Gasteiger partial charge < -0.3 is 14.2 Å². The molecule has 0 unspecified atom stereocenters. The summed E-state index contributed by atoms with van der Waals surface area (Å²) in [5, 5.41) is 2.11. The minimum atomic E-state index is -0.763. The molecule has 1 aromatic rings. The Balaban J connectivity index is 2.62. The highest BCUT2D eigenvalue weighted by Gasteiger charge is 2.12. The van der Waals surface area contributed by atoms with Crippen molar-refractivity contribution in [1.29, 1.82) is 0 Å². The number of carbonyl (C=O) groups excluding carboxylic acids is 2. The minimum absolute atomic E-state index is 0.0740. The number of likely N-dealkylation sites (N-methyl/N-ethyl adjacent to an activating group) is 1. The van der Waals surface area contributed by atoms with Crippen LogP contribution in [0.25, 0.3) is 0 Å². The van der Waals surface area contributed by atoms with Gasteiger partial charge in [0.1, 0.15) is 0 Å². The van der Waals surface area contributed by atoms with Crippen molar-refractivity contribution in [2.24, 2.45) is 0 Å². The van der Waals surface area contributed by atoms with Crippen molar-refractivity contribution in [3.8, 4) is 11.5 Å². The van der Waals surface area contributed by atoms with Crippen LogP contribution in [0.5, 0.6) is 11.5 Å². The summed E-state index contributed by atoms with van der Waals surface area (Å²) < 4.78 is 15.1. The summed E-state index contributed by atoms with van der Waals surface area (Å²) in [6.45, 7) is 3.06. The second-order valence-corrected chi connectivity index (χ2v) is 4.63. The van der Waals surface area contributed by atoms with E-state index in [1.165, 1.54) is 7.11 Å². The molecule has 0 aliphatic rings. The van der Waals surface area contributed by atoms with Gasteiger partial charge in [-0.1, -0.05) is 6.07 Å². The monoisotopic (exact) mass is 310 g/mol. The molecule has 0 bridgehead atoms. The lowest BCUT2D eigenvalue weighted by molar-refractivity contribution is -0.121. The predicted octanol–water partition coefficient (Wildman–Crippen LogP) is 1.41. The smallest absolute Gasteiger partial charge is 0.413 e. The molecule has 0 aliphatic heterocycles. The van der Waals surface area contributed by atoms with Crippen LogP contribution in [0.2, 0.25) is 0 Å². The van der Waals surface area contributed by atoms with Crippen molar-refractivity contribution < 1.29 is 23.8 Å². The van der Waals surface area contributed by atoms with Gasteiger partial charge in [-0.25, -0.2) is 4.79 Å². The quantitative estimate of drug-likeness (QED) is 0.820. The second kappa shape index (κ2) is 8.89. The fourth-order valence-electron chi connectivity index (χ4n) is 1.90. The Labute approximate surface area is 130 Å². The van der Waals surface area contributed by atoms with Crippen molar-refractivity contribution in [2.75, 3.05) is 34.4 Å². The molecule has 0 fully saturated rings. The maximum atomic E-state index is 11.6. The zero-order valence-electron chi connectivity index (χ0n) is 13.3. The third kappa shape index (κ3) is 5.61. The zero-order chi connectivity index (χ0) is 16.5. The molecule has 7 nitrogen and oxygen atoms in total. The van der Waals surface area contributed by atoms with Gasteiger partial charge in [-0.15, -0.1) is 0 Å². The van der Waals surface area contributed by atoms with Crippen LogP contribution < -0.4 is 14.8 Å². The van der Waals surface area contributed by atoms with Gasteiger partial charge in [0, 0.05) is 6.54 Å². The van der Waals surface area contributed by atoms with Crippen molar-refractivity contribution in [1.82, 2.24) is 10.2 Å². The lowest BCUT2D eigenvalue weighted by Gasteiger charge is -2.17. The number of ether oxygens (including phenoxy) is 3. The van der Waals surface area contributed by atoms with Crippen molar-refractivity contribution >= 4 is 12.0 Å². The minimum Gasteiger partial charge on any atom is -0.493 e. The van der Waals surface area contributed by atoms with Crippen molar-refractivity contribution in [2.45, 2.75) is 13.5 Å². The molecule has 0 aromatic heterocycles. The summed E-state index contributed by atoms with van der Waals surface area (Å²) in [4.78, 5) is 24.3. The van der Waals surface area contributed by atoms with E-state index in [1.54, 1.807) is 19.1 Å². The first-order valence-electron chi connectivity index (χ1n) is 6.86. The number of methoxy groups -OCH3 is 2. The maximum absolute atomic E-state index is 11.6. The molecule has 1 rings (SSSR count). The first kappa shape index (κ1) is 17.8. The van der Waals surface area contributed by atoms with E-state index in [1.807, 2.05) is 25.1 Å². The SMILES string of the molecule is CCOc1ccc(CN(C)CC(=O)NC(=O)OC)cc1OC. The number of nitrogens with one attached hydrogen (secondary N) is 1. The van der Waals surface area contributed by atoms with Crippen molar-refractivity contribution in [3.63, 3.8) is 0 Å². The molecule has 2 amide bonds. The van der Waals surface area contributed by atoms with Gasteiger partial charge in [0.05, 0.1) is 27.4 Å². The van der Waals surface area contributed by atoms with E-state index in [-0.39, 0.29) is 6.54 Å². The molecule has 0 atom stereocenters. The molecule has 0 heterocycles. The van der Waals surface area contributed by atoms with Crippen LogP contribution in [0.3, 0.4) is 0 Å². The van der Waals surface area contributed by atoms with Crippen LogP contribution in [0, 0.1) is 0 Å². The van der Waals surface area contributed by atoms with Crippen LogP contribution in [0.4, 0.5) is 4.79 Å². The Bertz CT molecular complexity index is 519. The lowest BCUT2D eigenvalue weighted by atomic mass is 10.2. The van der Waals surface area contributed by atoms with Crippen LogP contribution in [-0.2, 0) is 16.1 Å². The first-order valence-corrected chi connectivity index (χ1v) is 6.86. The highest BCUT2D eigenvalue weighted by Crippen LogP contribution is 2.28. The predicted molar refractivity (Wildman–Crippen MR) is 81.0 cm³/mol. The van der Waals surface area contributed by atoms with Gasteiger partial charge in [-0.2, -0.15) is 0 Å². The largest absolute Gasteiger partial charge is 0.493 e. The molecule has 0 saturated carbocycles. The Hall–Kier alpha value is -2.28. The van der Waals surface area contributed by atoms with E-state index in [0.29, 0.717) is 24.7 Å². The number of rotatable bonds is 7. The number of hydrogen-bond donors (Lipinski definition) is 1. The lowest BCUT2D eigenvalue weighted by Crippen LogP contribution is -2.38. The number of amides is 2. The molecule has 1 aromatic carbocycles. The van der Waals surface area contributed by atoms with E-state index in [9.17, 15) is 9.59 Å². The van der Waals surface area contributed by atoms with Gasteiger partial charge in [0.25, 0.3) is 0 Å². The molecular formula is C15H22N2O5. The molecule has 0 radical (unpaired) electrons. The fraction of sp³-hybridized carbons (Fsp3) is 0.467. The third-order valence-corrected chi connectivity index (χ3v) is 2.82. The third-order valence-electron chi connectivity index (χ3n) is 2.82. The fourth-order valence-corrected chi connectivity index (χ4v) is 1.90. The van der Waals surface area contributed by atoms with E-state index in [4.69, 9.17) is 9.47 Å². The summed E-state index contributed by atoms with van der Waals surface area (Å²) in [6.07, 6.45) is -0.763. The van der Waals surface area contributed by atoms with Gasteiger partial charge in [-0.05, 0) is 31.7 Å². The Morgan fingerprint density at radius 1 is 1.23 bits per heavy atom. The molecule has 1 N–H and O–H groups in total. The summed E-state index contributed by atoms with van der Waals surface area (Å²) >= 11 is 0. The molecule has 122 valence electrons. The second-order valence-electron chi connectivity index (χ2n) is 4.63. The molecular weight excluding hydrogens is 288 g/mol. The van der Waals surface area contributed by atoms with Gasteiger partial charge in [0.15, 0.2) is 11.5 Å². The standard InChI is InChI=1S/C15H22N2O5/c1-5-22-12-7-6-11(8-13(12)20-3)9-17(2)10-14(18)16-15(19)21-4/h6-8H,5,9-10H2,1-4H3,(H,16,18,19). The zero-order valence-corrected chi connectivity index (χ0v) is 13.3. The first-order chi connectivity index (χ1) is 10.5. The summed E-state index contributed by atoms with van der Waals surface area (Å²) in [7, 11) is 4.56. The molecule has 0 saturated heterocycles. The highest BCUT2D eigenvalue weighted by molar-refractivity contribution is 5.92. The molecule has 22 heavy (non-hydrogen) atoms. The number of imide groups is 1. The van der Waals surface area contributed by atoms with Crippen LogP contribution in [0.15, 0.2) is 18.2 Å². The number of benzene rings is 1. The van der Waals surface area contributed by atoms with E-state index in [2.05, 4.69) is 10.1 Å². The summed E-state index contributed by atoms with van der Waals surface area (Å²) in [6, 6.07) is 5.60. The Morgan fingerprint density at radius 2 is 1.95 bits per heavy atom. The number of hydrogen-bond acceptors (Lipinski definition) is 6. The van der Waals surface area contributed by atoms with E-state index < -0.39 is 12.0 Å². The molecule has 0 aliphatic carbocycles. The summed E-state index contributed by atoms with van der Waals surface area (Å²) in [5.74, 6) is 0.902. The van der Waals surface area contributed by atoms with E-state index in [0.717, 1.165) is 5.56 Å². The van der Waals surface area contributed by atoms with Gasteiger partial charge in [0.2, 0.25) is 5.91 Å². The number of carbonyl (C=O) groups is 2. The average Bonchev–Trinajstić information content (AvgIpc) is 2.48. The van der Waals surface area contributed by atoms with Crippen LogP contribution in [0.1, 0.15) is 12.5 Å². The average molecular weight is 310 g/mol. The summed E-state index contributed by atoms with van der Waals surface area (Å²) in [5.41, 5.74) is 0.966. The number of nitrogens with zero attached hydrogens (tertiary/aromatic N) is 1. The van der Waals surface area contributed by atoms with Gasteiger partial charge in [-0.3, -0.25) is 15.0 Å². The topological polar surface area (TPSA) is 77.1 Å². The molecule has 0 spiro atoms. The van der Waals surface area contributed by atoms with Crippen LogP contribution in [-0.4, -0.2) is 51.3 Å².